The first-order valence-electron chi connectivity index (χ1n) is 4.78. The van der Waals surface area contributed by atoms with Gasteiger partial charge in [0, 0.05) is 11.5 Å². The molecule has 0 spiro atoms. The Bertz CT molecular complexity index is 344. The number of carbonyl (C=O) groups is 1. The van der Waals surface area contributed by atoms with Gasteiger partial charge in [-0.2, -0.15) is 0 Å². The summed E-state index contributed by atoms with van der Waals surface area (Å²) in [7, 11) is 0. The Balaban J connectivity index is 2.18. The van der Waals surface area contributed by atoms with Crippen LogP contribution in [0.25, 0.3) is 0 Å². The van der Waals surface area contributed by atoms with E-state index in [4.69, 9.17) is 4.74 Å². The molecule has 0 saturated carbocycles. The SMILES string of the molecule is O=C(O)C1(Sc2ccccc2)CCOC1. The zero-order valence-electron chi connectivity index (χ0n) is 8.18. The van der Waals surface area contributed by atoms with Gasteiger partial charge in [0.2, 0.25) is 0 Å². The van der Waals surface area contributed by atoms with Crippen LogP contribution in [0, 0.1) is 0 Å². The van der Waals surface area contributed by atoms with E-state index in [9.17, 15) is 9.90 Å². The standard InChI is InChI=1S/C11H12O3S/c12-10(13)11(6-7-14-8-11)15-9-4-2-1-3-5-9/h1-5H,6-8H2,(H,12,13). The molecule has 1 aromatic rings. The van der Waals surface area contributed by atoms with Crippen molar-refractivity contribution in [3.05, 3.63) is 30.3 Å². The maximum Gasteiger partial charge on any atom is 0.322 e. The van der Waals surface area contributed by atoms with Crippen LogP contribution < -0.4 is 0 Å². The van der Waals surface area contributed by atoms with Gasteiger partial charge in [0.05, 0.1) is 6.61 Å². The second-order valence-electron chi connectivity index (χ2n) is 3.52. The van der Waals surface area contributed by atoms with Crippen LogP contribution in [0.15, 0.2) is 35.2 Å². The predicted octanol–water partition coefficient (Wildman–Crippen LogP) is 2.02. The van der Waals surface area contributed by atoms with Crippen LogP contribution in [0.3, 0.4) is 0 Å². The van der Waals surface area contributed by atoms with E-state index in [2.05, 4.69) is 0 Å². The molecule has 0 bridgehead atoms. The fourth-order valence-electron chi connectivity index (χ4n) is 1.55. The first-order chi connectivity index (χ1) is 7.23. The van der Waals surface area contributed by atoms with Crippen molar-refractivity contribution in [2.24, 2.45) is 0 Å². The number of carboxylic acids is 1. The Morgan fingerprint density at radius 3 is 2.67 bits per heavy atom. The zero-order chi connectivity index (χ0) is 10.7. The quantitative estimate of drug-likeness (QED) is 0.853. The molecule has 0 radical (unpaired) electrons. The fraction of sp³-hybridized carbons (Fsp3) is 0.364. The summed E-state index contributed by atoms with van der Waals surface area (Å²) in [5, 5.41) is 9.22. The maximum absolute atomic E-state index is 11.2. The second kappa shape index (κ2) is 4.24. The summed E-state index contributed by atoms with van der Waals surface area (Å²) in [5.41, 5.74) is 0. The molecule has 1 unspecified atom stereocenters. The van der Waals surface area contributed by atoms with Gasteiger partial charge in [-0.1, -0.05) is 18.2 Å². The van der Waals surface area contributed by atoms with Crippen LogP contribution in [0.1, 0.15) is 6.42 Å². The average Bonchev–Trinajstić information content (AvgIpc) is 2.69. The number of aliphatic carboxylic acids is 1. The normalized spacial score (nSPS) is 25.3. The first kappa shape index (κ1) is 10.5. The molecular formula is C11H12O3S. The number of carboxylic acid groups (broad SMARTS) is 1. The van der Waals surface area contributed by atoms with Crippen LogP contribution in [-0.2, 0) is 9.53 Å². The Hall–Kier alpha value is -1.00. The Morgan fingerprint density at radius 1 is 1.40 bits per heavy atom. The second-order valence-corrected chi connectivity index (χ2v) is 4.97. The molecule has 1 fully saturated rings. The highest BCUT2D eigenvalue weighted by Gasteiger charge is 2.43. The number of thioether (sulfide) groups is 1. The number of rotatable bonds is 3. The Morgan fingerprint density at radius 2 is 2.13 bits per heavy atom. The van der Waals surface area contributed by atoms with Gasteiger partial charge in [0.15, 0.2) is 0 Å². The van der Waals surface area contributed by atoms with E-state index < -0.39 is 10.7 Å². The average molecular weight is 224 g/mol. The van der Waals surface area contributed by atoms with Crippen LogP contribution in [-0.4, -0.2) is 29.0 Å². The third kappa shape index (κ3) is 2.16. The smallest absolute Gasteiger partial charge is 0.322 e. The van der Waals surface area contributed by atoms with E-state index in [-0.39, 0.29) is 0 Å². The van der Waals surface area contributed by atoms with E-state index in [1.165, 1.54) is 11.8 Å². The molecule has 1 saturated heterocycles. The summed E-state index contributed by atoms with van der Waals surface area (Å²) in [6.45, 7) is 0.827. The van der Waals surface area contributed by atoms with Crippen molar-refractivity contribution in [2.45, 2.75) is 16.1 Å². The molecular weight excluding hydrogens is 212 g/mol. The van der Waals surface area contributed by atoms with Gasteiger partial charge in [0.25, 0.3) is 0 Å². The van der Waals surface area contributed by atoms with Gasteiger partial charge < -0.3 is 9.84 Å². The lowest BCUT2D eigenvalue weighted by atomic mass is 10.1. The minimum absolute atomic E-state index is 0.294. The van der Waals surface area contributed by atoms with Gasteiger partial charge in [0.1, 0.15) is 4.75 Å². The molecule has 0 amide bonds. The number of hydrogen-bond donors (Lipinski definition) is 1. The van der Waals surface area contributed by atoms with Crippen molar-refractivity contribution in [3.63, 3.8) is 0 Å². The largest absolute Gasteiger partial charge is 0.480 e. The van der Waals surface area contributed by atoms with Crippen LogP contribution in [0.4, 0.5) is 0 Å². The van der Waals surface area contributed by atoms with Crippen LogP contribution in [0.5, 0.6) is 0 Å². The van der Waals surface area contributed by atoms with Crippen molar-refractivity contribution >= 4 is 17.7 Å². The molecule has 1 aliphatic heterocycles. The summed E-state index contributed by atoms with van der Waals surface area (Å²) in [5.74, 6) is -0.783. The highest BCUT2D eigenvalue weighted by Crippen LogP contribution is 2.39. The van der Waals surface area contributed by atoms with E-state index in [1.54, 1.807) is 0 Å². The molecule has 4 heteroatoms. The third-order valence-corrected chi connectivity index (χ3v) is 3.83. The van der Waals surface area contributed by atoms with E-state index in [0.717, 1.165) is 4.90 Å². The third-order valence-electron chi connectivity index (χ3n) is 2.43. The van der Waals surface area contributed by atoms with Crippen LogP contribution >= 0.6 is 11.8 Å². The monoisotopic (exact) mass is 224 g/mol. The summed E-state index contributed by atoms with van der Waals surface area (Å²) in [4.78, 5) is 12.2. The molecule has 1 N–H and O–H groups in total. The minimum Gasteiger partial charge on any atom is -0.480 e. The van der Waals surface area contributed by atoms with Gasteiger partial charge in [-0.3, -0.25) is 4.79 Å². The van der Waals surface area contributed by atoms with E-state index >= 15 is 0 Å². The summed E-state index contributed by atoms with van der Waals surface area (Å²) in [6.07, 6.45) is 0.571. The van der Waals surface area contributed by atoms with Gasteiger partial charge in [-0.05, 0) is 18.6 Å². The molecule has 3 nitrogen and oxygen atoms in total. The molecule has 80 valence electrons. The van der Waals surface area contributed by atoms with Crippen molar-refractivity contribution in [3.8, 4) is 0 Å². The number of benzene rings is 1. The molecule has 15 heavy (non-hydrogen) atoms. The fourth-order valence-corrected chi connectivity index (χ4v) is 2.71. The highest BCUT2D eigenvalue weighted by molar-refractivity contribution is 8.01. The number of hydrogen-bond acceptors (Lipinski definition) is 3. The molecule has 1 aromatic carbocycles. The molecule has 2 rings (SSSR count). The summed E-state index contributed by atoms with van der Waals surface area (Å²) >= 11 is 1.38. The zero-order valence-corrected chi connectivity index (χ0v) is 9.00. The lowest BCUT2D eigenvalue weighted by Crippen LogP contribution is -2.35. The van der Waals surface area contributed by atoms with Gasteiger partial charge in [-0.25, -0.2) is 0 Å². The van der Waals surface area contributed by atoms with Crippen LogP contribution in [0.2, 0.25) is 0 Å². The van der Waals surface area contributed by atoms with Crippen molar-refractivity contribution in [2.75, 3.05) is 13.2 Å². The van der Waals surface area contributed by atoms with Gasteiger partial charge in [-0.15, -0.1) is 11.8 Å². The predicted molar refractivity (Wildman–Crippen MR) is 58.1 cm³/mol. The van der Waals surface area contributed by atoms with Crippen molar-refractivity contribution in [1.29, 1.82) is 0 Å². The van der Waals surface area contributed by atoms with E-state index in [0.29, 0.717) is 19.6 Å². The highest BCUT2D eigenvalue weighted by atomic mass is 32.2. The number of ether oxygens (including phenoxy) is 1. The topological polar surface area (TPSA) is 46.5 Å². The lowest BCUT2D eigenvalue weighted by Gasteiger charge is -2.21. The Kier molecular flexibility index (Phi) is 2.98. The lowest BCUT2D eigenvalue weighted by molar-refractivity contribution is -0.139. The molecule has 1 heterocycles. The first-order valence-corrected chi connectivity index (χ1v) is 5.60. The molecule has 1 aliphatic rings. The Labute approximate surface area is 92.4 Å². The maximum atomic E-state index is 11.2. The van der Waals surface area contributed by atoms with Crippen molar-refractivity contribution < 1.29 is 14.6 Å². The minimum atomic E-state index is -0.790. The van der Waals surface area contributed by atoms with Crippen molar-refractivity contribution in [1.82, 2.24) is 0 Å². The van der Waals surface area contributed by atoms with Gasteiger partial charge >= 0.3 is 5.97 Å². The summed E-state index contributed by atoms with van der Waals surface area (Å²) < 4.78 is 4.40. The van der Waals surface area contributed by atoms with E-state index in [1.807, 2.05) is 30.3 Å². The molecule has 0 aliphatic carbocycles. The molecule has 1 atom stereocenters. The summed E-state index contributed by atoms with van der Waals surface area (Å²) in [6, 6.07) is 9.59. The molecule has 0 aromatic heterocycles.